The molecule has 1 saturated carbocycles. The van der Waals surface area contributed by atoms with E-state index in [1.807, 2.05) is 22.8 Å². The van der Waals surface area contributed by atoms with Crippen LogP contribution < -0.4 is 0 Å². The average Bonchev–Trinajstić information content (AvgIpc) is 3.48. The Balaban J connectivity index is 1.47. The number of carbonyl (C=O) groups is 1. The van der Waals surface area contributed by atoms with E-state index in [9.17, 15) is 9.18 Å². The molecule has 1 aromatic heterocycles. The Hall–Kier alpha value is -2.67. The SMILES string of the molecule is CCc1ccccc1-n1cnnc1SCC(=O)N(Cc1ccccc1F)C1CC1. The molecule has 1 heterocycles. The van der Waals surface area contributed by atoms with Gasteiger partial charge in [0.05, 0.1) is 11.4 Å². The molecule has 0 spiro atoms. The quantitative estimate of drug-likeness (QED) is 0.521. The third-order valence-electron chi connectivity index (χ3n) is 5.08. The Labute approximate surface area is 173 Å². The number of hydrogen-bond donors (Lipinski definition) is 0. The molecule has 0 saturated heterocycles. The predicted octanol–water partition coefficient (Wildman–Crippen LogP) is 4.25. The van der Waals surface area contributed by atoms with Crippen LogP contribution in [0.5, 0.6) is 0 Å². The first kappa shape index (κ1) is 19.6. The molecule has 3 aromatic rings. The van der Waals surface area contributed by atoms with Crippen molar-refractivity contribution in [3.63, 3.8) is 0 Å². The number of benzene rings is 2. The number of hydrogen-bond acceptors (Lipinski definition) is 4. The van der Waals surface area contributed by atoms with Crippen molar-refractivity contribution < 1.29 is 9.18 Å². The summed E-state index contributed by atoms with van der Waals surface area (Å²) < 4.78 is 16.0. The summed E-state index contributed by atoms with van der Waals surface area (Å²) in [6, 6.07) is 15.0. The molecule has 29 heavy (non-hydrogen) atoms. The highest BCUT2D eigenvalue weighted by atomic mass is 32.2. The van der Waals surface area contributed by atoms with E-state index < -0.39 is 0 Å². The van der Waals surface area contributed by atoms with Crippen molar-refractivity contribution >= 4 is 17.7 Å². The molecule has 2 aromatic carbocycles. The van der Waals surface area contributed by atoms with Gasteiger partial charge in [-0.2, -0.15) is 0 Å². The fourth-order valence-electron chi connectivity index (χ4n) is 3.36. The summed E-state index contributed by atoms with van der Waals surface area (Å²) in [5, 5.41) is 8.93. The number of aromatic nitrogens is 3. The standard InChI is InChI=1S/C22H23FN4OS/c1-2-16-7-4-6-10-20(16)27-15-24-25-22(27)29-14-21(28)26(18-11-12-18)13-17-8-3-5-9-19(17)23/h3-10,15,18H,2,11-14H2,1H3. The van der Waals surface area contributed by atoms with Crippen LogP contribution in [-0.2, 0) is 17.8 Å². The molecule has 7 heteroatoms. The molecule has 0 radical (unpaired) electrons. The van der Waals surface area contributed by atoms with Gasteiger partial charge in [0.25, 0.3) is 0 Å². The first-order chi connectivity index (χ1) is 14.2. The molecular formula is C22H23FN4OS. The summed E-state index contributed by atoms with van der Waals surface area (Å²) in [4.78, 5) is 14.7. The number of carbonyl (C=O) groups excluding carboxylic acids is 1. The second-order valence-electron chi connectivity index (χ2n) is 7.10. The van der Waals surface area contributed by atoms with Crippen LogP contribution in [0.3, 0.4) is 0 Å². The number of aryl methyl sites for hydroxylation is 1. The molecule has 1 aliphatic rings. The van der Waals surface area contributed by atoms with Crippen molar-refractivity contribution in [3.8, 4) is 5.69 Å². The minimum absolute atomic E-state index is 0.000852. The van der Waals surface area contributed by atoms with Crippen LogP contribution in [0.2, 0.25) is 0 Å². The normalized spacial score (nSPS) is 13.4. The van der Waals surface area contributed by atoms with Crippen LogP contribution in [0.15, 0.2) is 60.0 Å². The molecule has 1 amide bonds. The highest BCUT2D eigenvalue weighted by Gasteiger charge is 2.33. The number of para-hydroxylation sites is 1. The zero-order chi connectivity index (χ0) is 20.2. The van der Waals surface area contributed by atoms with Gasteiger partial charge >= 0.3 is 0 Å². The average molecular weight is 411 g/mol. The largest absolute Gasteiger partial charge is 0.335 e. The number of nitrogens with zero attached hydrogens (tertiary/aromatic N) is 4. The summed E-state index contributed by atoms with van der Waals surface area (Å²) in [6.07, 6.45) is 4.53. The van der Waals surface area contributed by atoms with Gasteiger partial charge in [-0.1, -0.05) is 55.1 Å². The van der Waals surface area contributed by atoms with Crippen LogP contribution in [0.25, 0.3) is 5.69 Å². The molecule has 0 bridgehead atoms. The molecule has 1 fully saturated rings. The van der Waals surface area contributed by atoms with Gasteiger partial charge in [0, 0.05) is 18.2 Å². The molecule has 150 valence electrons. The number of amides is 1. The minimum Gasteiger partial charge on any atom is -0.335 e. The fraction of sp³-hybridized carbons (Fsp3) is 0.318. The predicted molar refractivity (Wildman–Crippen MR) is 111 cm³/mol. The summed E-state index contributed by atoms with van der Waals surface area (Å²) in [5.41, 5.74) is 2.78. The van der Waals surface area contributed by atoms with Gasteiger partial charge in [0.1, 0.15) is 12.1 Å². The zero-order valence-corrected chi connectivity index (χ0v) is 17.1. The fourth-order valence-corrected chi connectivity index (χ4v) is 4.17. The van der Waals surface area contributed by atoms with E-state index in [0.29, 0.717) is 17.3 Å². The molecule has 5 nitrogen and oxygen atoms in total. The summed E-state index contributed by atoms with van der Waals surface area (Å²) in [6.45, 7) is 2.41. The van der Waals surface area contributed by atoms with Crippen LogP contribution in [0, 0.1) is 5.82 Å². The Morgan fingerprint density at radius 3 is 2.62 bits per heavy atom. The molecule has 0 unspecified atom stereocenters. The van der Waals surface area contributed by atoms with E-state index in [0.717, 1.165) is 24.9 Å². The maximum atomic E-state index is 14.1. The van der Waals surface area contributed by atoms with Crippen LogP contribution >= 0.6 is 11.8 Å². The van der Waals surface area contributed by atoms with Crippen molar-refractivity contribution in [1.82, 2.24) is 19.7 Å². The maximum Gasteiger partial charge on any atom is 0.233 e. The summed E-state index contributed by atoms with van der Waals surface area (Å²) >= 11 is 1.37. The third-order valence-corrected chi connectivity index (χ3v) is 6.01. The number of thioether (sulfide) groups is 1. The lowest BCUT2D eigenvalue weighted by molar-refractivity contribution is -0.129. The van der Waals surface area contributed by atoms with Crippen LogP contribution in [0.1, 0.15) is 30.9 Å². The maximum absolute atomic E-state index is 14.1. The van der Waals surface area contributed by atoms with Gasteiger partial charge in [-0.3, -0.25) is 9.36 Å². The topological polar surface area (TPSA) is 51.0 Å². The second-order valence-corrected chi connectivity index (χ2v) is 8.04. The highest BCUT2D eigenvalue weighted by Crippen LogP contribution is 2.30. The van der Waals surface area contributed by atoms with Gasteiger partial charge in [0.15, 0.2) is 5.16 Å². The molecule has 4 rings (SSSR count). The Morgan fingerprint density at radius 2 is 1.90 bits per heavy atom. The number of rotatable bonds is 8. The van der Waals surface area contributed by atoms with E-state index >= 15 is 0 Å². The highest BCUT2D eigenvalue weighted by molar-refractivity contribution is 7.99. The van der Waals surface area contributed by atoms with Crippen molar-refractivity contribution in [2.45, 2.75) is 43.9 Å². The lowest BCUT2D eigenvalue weighted by atomic mass is 10.1. The minimum atomic E-state index is -0.269. The van der Waals surface area contributed by atoms with Crippen molar-refractivity contribution in [1.29, 1.82) is 0 Å². The van der Waals surface area contributed by atoms with E-state index in [2.05, 4.69) is 23.2 Å². The zero-order valence-electron chi connectivity index (χ0n) is 16.3. The first-order valence-electron chi connectivity index (χ1n) is 9.81. The summed E-state index contributed by atoms with van der Waals surface area (Å²) in [5.74, 6) is -0.0219. The van der Waals surface area contributed by atoms with Gasteiger partial charge in [-0.05, 0) is 37.0 Å². The van der Waals surface area contributed by atoms with E-state index in [1.54, 1.807) is 29.4 Å². The van der Waals surface area contributed by atoms with Crippen molar-refractivity contribution in [2.75, 3.05) is 5.75 Å². The first-order valence-corrected chi connectivity index (χ1v) is 10.8. The van der Waals surface area contributed by atoms with Gasteiger partial charge < -0.3 is 4.90 Å². The monoisotopic (exact) mass is 410 g/mol. The van der Waals surface area contributed by atoms with Gasteiger partial charge in [-0.25, -0.2) is 4.39 Å². The molecular weight excluding hydrogens is 387 g/mol. The molecule has 0 aliphatic heterocycles. The lowest BCUT2D eigenvalue weighted by Crippen LogP contribution is -2.34. The number of halogens is 1. The van der Waals surface area contributed by atoms with Gasteiger partial charge in [-0.15, -0.1) is 10.2 Å². The lowest BCUT2D eigenvalue weighted by Gasteiger charge is -2.22. The van der Waals surface area contributed by atoms with E-state index in [1.165, 1.54) is 23.4 Å². The Morgan fingerprint density at radius 1 is 1.17 bits per heavy atom. The third kappa shape index (κ3) is 4.50. The second kappa shape index (κ2) is 8.78. The Bertz CT molecular complexity index is 1000. The van der Waals surface area contributed by atoms with E-state index in [-0.39, 0.29) is 23.5 Å². The van der Waals surface area contributed by atoms with Crippen LogP contribution in [-0.4, -0.2) is 37.4 Å². The summed E-state index contributed by atoms with van der Waals surface area (Å²) in [7, 11) is 0. The smallest absolute Gasteiger partial charge is 0.233 e. The Kier molecular flexibility index (Phi) is 5.94. The van der Waals surface area contributed by atoms with Crippen LogP contribution in [0.4, 0.5) is 4.39 Å². The van der Waals surface area contributed by atoms with Crippen molar-refractivity contribution in [3.05, 3.63) is 71.8 Å². The van der Waals surface area contributed by atoms with Crippen molar-refractivity contribution in [2.24, 2.45) is 0 Å². The molecule has 0 atom stereocenters. The van der Waals surface area contributed by atoms with E-state index in [4.69, 9.17) is 0 Å². The molecule has 1 aliphatic carbocycles. The van der Waals surface area contributed by atoms with Gasteiger partial charge in [0.2, 0.25) is 5.91 Å². The molecule has 0 N–H and O–H groups in total.